The maximum atomic E-state index is 12.4. The first-order valence-electron chi connectivity index (χ1n) is 8.75. The Morgan fingerprint density at radius 1 is 1.11 bits per heavy atom. The van der Waals surface area contributed by atoms with Crippen molar-refractivity contribution in [2.45, 2.75) is 20.3 Å². The summed E-state index contributed by atoms with van der Waals surface area (Å²) in [6.45, 7) is 4.95. The van der Waals surface area contributed by atoms with Gasteiger partial charge in [0.1, 0.15) is 16.4 Å². The van der Waals surface area contributed by atoms with Gasteiger partial charge in [0.15, 0.2) is 0 Å². The van der Waals surface area contributed by atoms with E-state index >= 15 is 0 Å². The van der Waals surface area contributed by atoms with Crippen molar-refractivity contribution in [2.24, 2.45) is 0 Å². The number of rotatable bonds is 8. The zero-order valence-corrected chi connectivity index (χ0v) is 16.1. The van der Waals surface area contributed by atoms with E-state index in [9.17, 15) is 4.79 Å². The molecule has 0 radical (unpaired) electrons. The smallest absolute Gasteiger partial charge is 0.237 e. The van der Waals surface area contributed by atoms with E-state index in [0.717, 1.165) is 22.0 Å². The van der Waals surface area contributed by atoms with Crippen molar-refractivity contribution in [3.63, 3.8) is 0 Å². The summed E-state index contributed by atoms with van der Waals surface area (Å²) in [4.78, 5) is 21.1. The van der Waals surface area contributed by atoms with Crippen molar-refractivity contribution in [3.8, 4) is 22.2 Å². The predicted octanol–water partition coefficient (Wildman–Crippen LogP) is 4.18. The van der Waals surface area contributed by atoms with E-state index in [-0.39, 0.29) is 12.3 Å². The van der Waals surface area contributed by atoms with E-state index in [1.54, 1.807) is 18.3 Å². The lowest BCUT2D eigenvalue weighted by Crippen LogP contribution is -2.15. The molecule has 140 valence electrons. The Hall–Kier alpha value is -2.93. The number of nitrogens with one attached hydrogen (secondary N) is 1. The largest absolute Gasteiger partial charge is 0.494 e. The van der Waals surface area contributed by atoms with Crippen molar-refractivity contribution in [1.29, 1.82) is 0 Å². The summed E-state index contributed by atoms with van der Waals surface area (Å²) in [5.41, 5.74) is 2.29. The number of aromatic nitrogens is 2. The molecule has 0 saturated carbocycles. The molecule has 0 aliphatic heterocycles. The second kappa shape index (κ2) is 9.14. The van der Waals surface area contributed by atoms with E-state index in [0.29, 0.717) is 24.8 Å². The molecule has 2 heterocycles. The van der Waals surface area contributed by atoms with Crippen LogP contribution in [0.25, 0.3) is 10.6 Å². The number of pyridine rings is 1. The second-order valence-electron chi connectivity index (χ2n) is 5.62. The molecule has 0 unspecified atom stereocenters. The van der Waals surface area contributed by atoms with Crippen LogP contribution in [0.15, 0.2) is 48.0 Å². The van der Waals surface area contributed by atoms with Crippen molar-refractivity contribution >= 4 is 22.9 Å². The van der Waals surface area contributed by atoms with Gasteiger partial charge in [0.05, 0.1) is 25.3 Å². The first-order chi connectivity index (χ1) is 13.2. The first-order valence-corrected chi connectivity index (χ1v) is 9.62. The van der Waals surface area contributed by atoms with Crippen LogP contribution < -0.4 is 14.8 Å². The summed E-state index contributed by atoms with van der Waals surface area (Å²) >= 11 is 1.51. The Morgan fingerprint density at radius 2 is 1.89 bits per heavy atom. The quantitative estimate of drug-likeness (QED) is 0.632. The van der Waals surface area contributed by atoms with Crippen molar-refractivity contribution in [1.82, 2.24) is 9.97 Å². The van der Waals surface area contributed by atoms with Gasteiger partial charge in [0, 0.05) is 17.1 Å². The van der Waals surface area contributed by atoms with Crippen LogP contribution in [0.5, 0.6) is 11.6 Å². The fourth-order valence-corrected chi connectivity index (χ4v) is 3.30. The lowest BCUT2D eigenvalue weighted by atomic mass is 10.2. The zero-order valence-electron chi connectivity index (χ0n) is 15.3. The molecule has 6 nitrogen and oxygen atoms in total. The molecule has 3 aromatic rings. The molecule has 0 saturated heterocycles. The summed E-state index contributed by atoms with van der Waals surface area (Å²) in [7, 11) is 0. The topological polar surface area (TPSA) is 73.3 Å². The minimum atomic E-state index is -0.160. The molecule has 0 aliphatic rings. The molecule has 1 aromatic carbocycles. The number of nitrogens with zero attached hydrogens (tertiary/aromatic N) is 2. The lowest BCUT2D eigenvalue weighted by molar-refractivity contribution is -0.115. The van der Waals surface area contributed by atoms with Crippen molar-refractivity contribution in [2.75, 3.05) is 18.5 Å². The molecule has 1 amide bonds. The third-order valence-electron chi connectivity index (χ3n) is 3.63. The summed E-state index contributed by atoms with van der Waals surface area (Å²) in [6.07, 6.45) is 1.82. The van der Waals surface area contributed by atoms with Crippen LogP contribution in [0.2, 0.25) is 0 Å². The molecule has 0 aliphatic carbocycles. The summed E-state index contributed by atoms with van der Waals surface area (Å²) in [6, 6.07) is 11.3. The Kier molecular flexibility index (Phi) is 6.38. The molecule has 27 heavy (non-hydrogen) atoms. The molecule has 2 aromatic heterocycles. The van der Waals surface area contributed by atoms with Gasteiger partial charge in [-0.1, -0.05) is 0 Å². The van der Waals surface area contributed by atoms with Crippen LogP contribution in [0.1, 0.15) is 19.5 Å². The average Bonchev–Trinajstić information content (AvgIpc) is 3.13. The minimum Gasteiger partial charge on any atom is -0.494 e. The standard InChI is InChI=1S/C20H21N3O3S/c1-3-25-16-9-7-14(8-10-16)20-22-15(13-27-20)12-18(24)23-17-6-5-11-21-19(17)26-4-2/h5-11,13H,3-4,12H2,1-2H3,(H,23,24). The van der Waals surface area contributed by atoms with E-state index in [1.807, 2.05) is 43.5 Å². The highest BCUT2D eigenvalue weighted by Gasteiger charge is 2.12. The van der Waals surface area contributed by atoms with Crippen LogP contribution in [-0.4, -0.2) is 29.1 Å². The monoisotopic (exact) mass is 383 g/mol. The van der Waals surface area contributed by atoms with E-state index in [4.69, 9.17) is 9.47 Å². The molecular weight excluding hydrogens is 362 g/mol. The molecule has 0 fully saturated rings. The van der Waals surface area contributed by atoms with Crippen LogP contribution >= 0.6 is 11.3 Å². The van der Waals surface area contributed by atoms with Crippen LogP contribution in [-0.2, 0) is 11.2 Å². The van der Waals surface area contributed by atoms with E-state index in [1.165, 1.54) is 11.3 Å². The van der Waals surface area contributed by atoms with E-state index < -0.39 is 0 Å². The highest BCUT2D eigenvalue weighted by atomic mass is 32.1. The molecular formula is C20H21N3O3S. The van der Waals surface area contributed by atoms with Gasteiger partial charge < -0.3 is 14.8 Å². The number of hydrogen-bond donors (Lipinski definition) is 1. The Labute approximate surface area is 162 Å². The number of anilines is 1. The van der Waals surface area contributed by atoms with E-state index in [2.05, 4.69) is 15.3 Å². The van der Waals surface area contributed by atoms with Gasteiger partial charge in [-0.15, -0.1) is 11.3 Å². The Morgan fingerprint density at radius 3 is 2.63 bits per heavy atom. The van der Waals surface area contributed by atoms with Crippen molar-refractivity contribution in [3.05, 3.63) is 53.7 Å². The predicted molar refractivity (Wildman–Crippen MR) is 106 cm³/mol. The Balaban J connectivity index is 1.64. The molecule has 3 rings (SSSR count). The third kappa shape index (κ3) is 5.04. The maximum Gasteiger partial charge on any atom is 0.237 e. The van der Waals surface area contributed by atoms with Crippen LogP contribution in [0.3, 0.4) is 0 Å². The van der Waals surface area contributed by atoms with Gasteiger partial charge in [0.2, 0.25) is 11.8 Å². The normalized spacial score (nSPS) is 10.4. The molecule has 0 bridgehead atoms. The number of hydrogen-bond acceptors (Lipinski definition) is 6. The highest BCUT2D eigenvalue weighted by molar-refractivity contribution is 7.13. The third-order valence-corrected chi connectivity index (χ3v) is 4.57. The van der Waals surface area contributed by atoms with Gasteiger partial charge in [-0.2, -0.15) is 0 Å². The number of carbonyl (C=O) groups is 1. The SMILES string of the molecule is CCOc1ccc(-c2nc(CC(=O)Nc3cccnc3OCC)cs2)cc1. The number of ether oxygens (including phenoxy) is 2. The summed E-state index contributed by atoms with van der Waals surface area (Å²) in [5, 5.41) is 5.61. The molecule has 0 atom stereocenters. The lowest BCUT2D eigenvalue weighted by Gasteiger charge is -2.09. The number of amides is 1. The minimum absolute atomic E-state index is 0.160. The fourth-order valence-electron chi connectivity index (χ4n) is 2.48. The summed E-state index contributed by atoms with van der Waals surface area (Å²) < 4.78 is 10.9. The van der Waals surface area contributed by atoms with Crippen LogP contribution in [0.4, 0.5) is 5.69 Å². The molecule has 0 spiro atoms. The van der Waals surface area contributed by atoms with Gasteiger partial charge in [0.25, 0.3) is 0 Å². The average molecular weight is 383 g/mol. The second-order valence-corrected chi connectivity index (χ2v) is 6.47. The van der Waals surface area contributed by atoms with Gasteiger partial charge in [-0.05, 0) is 50.2 Å². The first kappa shape index (κ1) is 18.8. The molecule has 1 N–H and O–H groups in total. The maximum absolute atomic E-state index is 12.4. The highest BCUT2D eigenvalue weighted by Crippen LogP contribution is 2.26. The summed E-state index contributed by atoms with van der Waals surface area (Å²) in [5.74, 6) is 1.09. The van der Waals surface area contributed by atoms with Crippen LogP contribution in [0, 0.1) is 0 Å². The number of carbonyl (C=O) groups excluding carboxylic acids is 1. The van der Waals surface area contributed by atoms with Gasteiger partial charge >= 0.3 is 0 Å². The number of thiazole rings is 1. The van der Waals surface area contributed by atoms with Gasteiger partial charge in [-0.25, -0.2) is 9.97 Å². The fraction of sp³-hybridized carbons (Fsp3) is 0.250. The van der Waals surface area contributed by atoms with Gasteiger partial charge in [-0.3, -0.25) is 4.79 Å². The molecule has 7 heteroatoms. The van der Waals surface area contributed by atoms with Crippen molar-refractivity contribution < 1.29 is 14.3 Å². The zero-order chi connectivity index (χ0) is 19.1. The Bertz CT molecular complexity index is 893. The number of benzene rings is 1.